The van der Waals surface area contributed by atoms with Crippen LogP contribution in [0.2, 0.25) is 5.02 Å². The number of carbonyl (C=O) groups is 2. The van der Waals surface area contributed by atoms with Crippen molar-refractivity contribution in [2.75, 3.05) is 20.3 Å². The number of alkyl halides is 3. The minimum absolute atomic E-state index is 0.125. The number of rotatable bonds is 7. The molecule has 15 heteroatoms. The Morgan fingerprint density at radius 3 is 2.60 bits per heavy atom. The van der Waals surface area contributed by atoms with Crippen molar-refractivity contribution in [3.8, 4) is 5.75 Å². The maximum atomic E-state index is 14.0. The van der Waals surface area contributed by atoms with Gasteiger partial charge in [0.05, 0.1) is 16.6 Å². The number of ether oxygens (including phenoxy) is 1. The van der Waals surface area contributed by atoms with E-state index < -0.39 is 57.6 Å². The highest BCUT2D eigenvalue weighted by Crippen LogP contribution is 2.27. The molecule has 1 saturated heterocycles. The summed E-state index contributed by atoms with van der Waals surface area (Å²) in [5.74, 6) is -2.98. The molecule has 1 heterocycles. The summed E-state index contributed by atoms with van der Waals surface area (Å²) < 4.78 is 79.7. The summed E-state index contributed by atoms with van der Waals surface area (Å²) in [7, 11) is -4.27. The van der Waals surface area contributed by atoms with E-state index in [2.05, 4.69) is 5.32 Å². The van der Waals surface area contributed by atoms with Crippen LogP contribution < -0.4 is 14.8 Å². The molecule has 2 N–H and O–H groups in total. The number of nitrogens with one attached hydrogen (secondary N) is 2. The zero-order valence-corrected chi connectivity index (χ0v) is 17.0. The van der Waals surface area contributed by atoms with Crippen molar-refractivity contribution in [2.24, 2.45) is 0 Å². The second-order valence-electron chi connectivity index (χ2n) is 6.20. The molecular weight excluding hydrogens is 462 g/mol. The van der Waals surface area contributed by atoms with Crippen LogP contribution in [0.4, 0.5) is 17.6 Å². The van der Waals surface area contributed by atoms with E-state index in [4.69, 9.17) is 21.2 Å². The third-order valence-electron chi connectivity index (χ3n) is 3.76. The van der Waals surface area contributed by atoms with E-state index in [0.29, 0.717) is 0 Å². The second kappa shape index (κ2) is 8.91. The van der Waals surface area contributed by atoms with E-state index in [9.17, 15) is 35.6 Å². The highest BCUT2D eigenvalue weighted by atomic mass is 35.5. The predicted octanol–water partition coefficient (Wildman–Crippen LogP) is 1.19. The Morgan fingerprint density at radius 2 is 2.07 bits per heavy atom. The molecule has 168 valence electrons. The van der Waals surface area contributed by atoms with Crippen molar-refractivity contribution < 1.29 is 45.1 Å². The van der Waals surface area contributed by atoms with E-state index in [1.807, 2.05) is 0 Å². The molecule has 1 aliphatic heterocycles. The van der Waals surface area contributed by atoms with Gasteiger partial charge in [-0.2, -0.15) is 13.2 Å². The third-order valence-corrected chi connectivity index (χ3v) is 5.40. The summed E-state index contributed by atoms with van der Waals surface area (Å²) in [6.45, 7) is 0.252. The molecular formula is C15H16ClF4N3O6S. The first-order chi connectivity index (χ1) is 13.7. The number of benzene rings is 1. The minimum atomic E-state index is -5.62. The van der Waals surface area contributed by atoms with Crippen LogP contribution in [-0.2, 0) is 19.7 Å². The predicted molar refractivity (Wildman–Crippen MR) is 94.5 cm³/mol. The van der Waals surface area contributed by atoms with Gasteiger partial charge in [-0.15, -0.1) is 0 Å². The maximum Gasteiger partial charge on any atom is 0.511 e. The zero-order chi connectivity index (χ0) is 22.9. The number of likely N-dealkylation sites (N-methyl/N-ethyl adjacent to an activating group) is 1. The Kier molecular flexibility index (Phi) is 7.16. The Morgan fingerprint density at radius 1 is 1.43 bits per heavy atom. The SMILES string of the molecule is C[C@@H](COc1cc(C(=O)N[C@@H]2CON(C)C2=O)c(Cl)cc1F)NS(=O)(=O)C(F)(F)F. The number of hydroxylamine groups is 2. The van der Waals surface area contributed by atoms with Gasteiger partial charge in [-0.25, -0.2) is 22.6 Å². The molecule has 0 aliphatic carbocycles. The summed E-state index contributed by atoms with van der Waals surface area (Å²) in [4.78, 5) is 29.1. The Balaban J connectivity index is 2.09. The van der Waals surface area contributed by atoms with Crippen LogP contribution in [0.25, 0.3) is 0 Å². The van der Waals surface area contributed by atoms with Gasteiger partial charge >= 0.3 is 15.5 Å². The first-order valence-corrected chi connectivity index (χ1v) is 10.0. The van der Waals surface area contributed by atoms with E-state index in [1.54, 1.807) is 0 Å². The van der Waals surface area contributed by atoms with Crippen LogP contribution in [-0.4, -0.2) is 63.1 Å². The van der Waals surface area contributed by atoms with Gasteiger partial charge in [0.2, 0.25) is 0 Å². The summed E-state index contributed by atoms with van der Waals surface area (Å²) in [6.07, 6.45) is 0. The topological polar surface area (TPSA) is 114 Å². The fourth-order valence-corrected chi connectivity index (χ4v) is 3.24. The Labute approximate surface area is 173 Å². The molecule has 2 amide bonds. The molecule has 0 bridgehead atoms. The first-order valence-electron chi connectivity index (χ1n) is 8.14. The van der Waals surface area contributed by atoms with Crippen LogP contribution >= 0.6 is 11.6 Å². The third kappa shape index (κ3) is 5.50. The molecule has 2 rings (SSSR count). The molecule has 1 aromatic rings. The van der Waals surface area contributed by atoms with E-state index in [0.717, 1.165) is 24.1 Å². The lowest BCUT2D eigenvalue weighted by atomic mass is 10.1. The lowest BCUT2D eigenvalue weighted by molar-refractivity contribution is -0.154. The van der Waals surface area contributed by atoms with Gasteiger partial charge in [-0.3, -0.25) is 14.4 Å². The number of carbonyl (C=O) groups excluding carboxylic acids is 2. The standard InChI is InChI=1S/C15H16ClF4N3O6S/c1-7(22-30(26,27)15(18,19)20)5-28-12-3-8(9(16)4-10(12)17)13(24)21-11-6-29-23(2)14(11)25/h3-4,7,11,22H,5-6H2,1-2H3,(H,21,24)/t7-,11+/m0/s1. The fourth-order valence-electron chi connectivity index (χ4n) is 2.27. The average Bonchev–Trinajstić information content (AvgIpc) is 2.91. The van der Waals surface area contributed by atoms with Gasteiger partial charge in [0.1, 0.15) is 19.3 Å². The summed E-state index contributed by atoms with van der Waals surface area (Å²) >= 11 is 5.85. The Bertz CT molecular complexity index is 943. The largest absolute Gasteiger partial charge is 0.511 e. The molecule has 0 aromatic heterocycles. The van der Waals surface area contributed by atoms with Gasteiger partial charge in [-0.05, 0) is 19.1 Å². The molecule has 1 aliphatic rings. The summed E-state index contributed by atoms with van der Waals surface area (Å²) in [6, 6.07) is -0.769. The molecule has 9 nitrogen and oxygen atoms in total. The van der Waals surface area contributed by atoms with Crippen LogP contribution in [0.15, 0.2) is 12.1 Å². The molecule has 2 atom stereocenters. The molecule has 30 heavy (non-hydrogen) atoms. The highest BCUT2D eigenvalue weighted by molar-refractivity contribution is 7.90. The van der Waals surface area contributed by atoms with Crippen LogP contribution in [0.1, 0.15) is 17.3 Å². The van der Waals surface area contributed by atoms with Gasteiger partial charge in [-0.1, -0.05) is 11.6 Å². The van der Waals surface area contributed by atoms with Gasteiger partial charge < -0.3 is 10.1 Å². The van der Waals surface area contributed by atoms with Crippen molar-refractivity contribution >= 4 is 33.4 Å². The number of halogens is 5. The second-order valence-corrected chi connectivity index (χ2v) is 8.31. The number of hydrogen-bond acceptors (Lipinski definition) is 6. The minimum Gasteiger partial charge on any atom is -0.489 e. The van der Waals surface area contributed by atoms with Crippen molar-refractivity contribution in [3.05, 3.63) is 28.5 Å². The summed E-state index contributed by atoms with van der Waals surface area (Å²) in [5, 5.41) is 2.95. The van der Waals surface area contributed by atoms with Crippen LogP contribution in [0.5, 0.6) is 5.75 Å². The molecule has 0 saturated carbocycles. The van der Waals surface area contributed by atoms with Crippen molar-refractivity contribution in [3.63, 3.8) is 0 Å². The quantitative estimate of drug-likeness (QED) is 0.570. The highest BCUT2D eigenvalue weighted by Gasteiger charge is 2.46. The lowest BCUT2D eigenvalue weighted by Crippen LogP contribution is -2.43. The molecule has 0 spiro atoms. The van der Waals surface area contributed by atoms with Gasteiger partial charge in [0.15, 0.2) is 11.6 Å². The van der Waals surface area contributed by atoms with Crippen LogP contribution in [0, 0.1) is 5.82 Å². The Hall–Kier alpha value is -2.16. The lowest BCUT2D eigenvalue weighted by Gasteiger charge is -2.17. The number of amides is 2. The van der Waals surface area contributed by atoms with Crippen molar-refractivity contribution in [1.82, 2.24) is 15.1 Å². The molecule has 0 unspecified atom stereocenters. The van der Waals surface area contributed by atoms with Gasteiger partial charge in [0.25, 0.3) is 11.8 Å². The average molecular weight is 478 g/mol. The van der Waals surface area contributed by atoms with E-state index >= 15 is 0 Å². The summed E-state index contributed by atoms with van der Waals surface area (Å²) in [5.41, 5.74) is -5.80. The number of sulfonamides is 1. The van der Waals surface area contributed by atoms with E-state index in [1.165, 1.54) is 11.8 Å². The normalized spacial score (nSPS) is 18.4. The van der Waals surface area contributed by atoms with Crippen LogP contribution in [0.3, 0.4) is 0 Å². The van der Waals surface area contributed by atoms with Crippen molar-refractivity contribution in [1.29, 1.82) is 0 Å². The van der Waals surface area contributed by atoms with E-state index in [-0.39, 0.29) is 17.2 Å². The van der Waals surface area contributed by atoms with Crippen molar-refractivity contribution in [2.45, 2.75) is 24.5 Å². The fraction of sp³-hybridized carbons (Fsp3) is 0.467. The first kappa shape index (κ1) is 24.1. The maximum absolute atomic E-state index is 14.0. The number of hydrogen-bond donors (Lipinski definition) is 2. The van der Waals surface area contributed by atoms with Gasteiger partial charge in [0, 0.05) is 7.05 Å². The zero-order valence-electron chi connectivity index (χ0n) is 15.4. The number of nitrogens with zero attached hydrogens (tertiary/aromatic N) is 1. The smallest absolute Gasteiger partial charge is 0.489 e. The monoisotopic (exact) mass is 477 g/mol. The molecule has 1 aromatic carbocycles. The molecule has 1 fully saturated rings. The molecule has 0 radical (unpaired) electrons.